The van der Waals surface area contributed by atoms with Crippen LogP contribution in [0.4, 0.5) is 0 Å². The van der Waals surface area contributed by atoms with Gasteiger partial charge in [0.05, 0.1) is 22.4 Å². The van der Waals surface area contributed by atoms with Crippen molar-refractivity contribution in [2.45, 2.75) is 54.6 Å². The first-order valence-corrected chi connectivity index (χ1v) is 9.23. The molecule has 2 aliphatic rings. The van der Waals surface area contributed by atoms with Crippen molar-refractivity contribution in [2.24, 2.45) is 4.36 Å². The van der Waals surface area contributed by atoms with Gasteiger partial charge >= 0.3 is 0 Å². The zero-order chi connectivity index (χ0) is 14.9. The van der Waals surface area contributed by atoms with Crippen molar-refractivity contribution < 1.29 is 13.7 Å². The summed E-state index contributed by atoms with van der Waals surface area (Å²) in [5, 5.41) is -0.190. The summed E-state index contributed by atoms with van der Waals surface area (Å²) in [6, 6.07) is 9.56. The van der Waals surface area contributed by atoms with Crippen LogP contribution in [-0.4, -0.2) is 35.0 Å². The van der Waals surface area contributed by atoms with E-state index in [2.05, 4.69) is 11.3 Å². The van der Waals surface area contributed by atoms with Crippen LogP contribution in [0.5, 0.6) is 0 Å². The van der Waals surface area contributed by atoms with Gasteiger partial charge in [-0.2, -0.15) is 0 Å². The zero-order valence-corrected chi connectivity index (χ0v) is 13.5. The normalized spacial score (nSPS) is 35.0. The molecule has 4 unspecified atom stereocenters. The minimum atomic E-state index is -2.54. The SMILES string of the molecule is CCC1CC(S(=O)(=NC)c2ccccc2)C2(CCCO2)O1. The fraction of sp³-hybridized carbons (Fsp3) is 0.625. The highest BCUT2D eigenvalue weighted by molar-refractivity contribution is 7.94. The Hall–Kier alpha value is -0.910. The lowest BCUT2D eigenvalue weighted by molar-refractivity contribution is -0.196. The molecule has 0 saturated carbocycles. The van der Waals surface area contributed by atoms with Crippen LogP contribution in [0.3, 0.4) is 0 Å². The summed E-state index contributed by atoms with van der Waals surface area (Å²) in [6.45, 7) is 2.78. The van der Waals surface area contributed by atoms with Crippen LogP contribution in [0.2, 0.25) is 0 Å². The second-order valence-electron chi connectivity index (χ2n) is 5.70. The maximum atomic E-state index is 13.7. The summed E-state index contributed by atoms with van der Waals surface area (Å²) in [6.07, 6.45) is 3.55. The second kappa shape index (κ2) is 5.71. The van der Waals surface area contributed by atoms with Crippen LogP contribution in [0.1, 0.15) is 32.6 Å². The molecular weight excluding hydrogens is 286 g/mol. The van der Waals surface area contributed by atoms with Crippen LogP contribution >= 0.6 is 0 Å². The molecule has 2 fully saturated rings. The van der Waals surface area contributed by atoms with E-state index in [9.17, 15) is 4.21 Å². The van der Waals surface area contributed by atoms with Crippen molar-refractivity contribution in [2.75, 3.05) is 13.7 Å². The molecule has 4 nitrogen and oxygen atoms in total. The smallest absolute Gasteiger partial charge is 0.184 e. The molecule has 21 heavy (non-hydrogen) atoms. The van der Waals surface area contributed by atoms with Crippen LogP contribution in [0, 0.1) is 0 Å². The van der Waals surface area contributed by atoms with Crippen LogP contribution in [-0.2, 0) is 19.2 Å². The van der Waals surface area contributed by atoms with E-state index in [-0.39, 0.29) is 11.4 Å². The molecule has 2 saturated heterocycles. The van der Waals surface area contributed by atoms with Gasteiger partial charge in [0.1, 0.15) is 5.25 Å². The molecule has 116 valence electrons. The fourth-order valence-corrected chi connectivity index (χ4v) is 5.99. The highest BCUT2D eigenvalue weighted by atomic mass is 32.2. The van der Waals surface area contributed by atoms with Crippen molar-refractivity contribution in [3.63, 3.8) is 0 Å². The Morgan fingerprint density at radius 3 is 2.71 bits per heavy atom. The first-order valence-electron chi connectivity index (χ1n) is 7.65. The lowest BCUT2D eigenvalue weighted by Crippen LogP contribution is -2.43. The summed E-state index contributed by atoms with van der Waals surface area (Å²) >= 11 is 0. The Bertz CT molecular complexity index is 601. The summed E-state index contributed by atoms with van der Waals surface area (Å²) in [7, 11) is -0.894. The first-order chi connectivity index (χ1) is 10.1. The van der Waals surface area contributed by atoms with Gasteiger partial charge in [-0.1, -0.05) is 25.1 Å². The fourth-order valence-electron chi connectivity index (χ4n) is 3.44. The maximum Gasteiger partial charge on any atom is 0.184 e. The van der Waals surface area contributed by atoms with Gasteiger partial charge in [-0.15, -0.1) is 0 Å². The van der Waals surface area contributed by atoms with Crippen molar-refractivity contribution in [1.29, 1.82) is 0 Å². The first kappa shape index (κ1) is 15.0. The lowest BCUT2D eigenvalue weighted by Gasteiger charge is -2.31. The molecule has 0 bridgehead atoms. The molecule has 0 aliphatic carbocycles. The number of nitrogens with zero attached hydrogens (tertiary/aromatic N) is 1. The number of ether oxygens (including phenoxy) is 2. The summed E-state index contributed by atoms with van der Waals surface area (Å²) in [5.41, 5.74) is 0. The van der Waals surface area contributed by atoms with Crippen molar-refractivity contribution in [3.05, 3.63) is 30.3 Å². The molecule has 2 heterocycles. The highest BCUT2D eigenvalue weighted by Gasteiger charge is 2.56. The molecule has 0 radical (unpaired) electrons. The van der Waals surface area contributed by atoms with Gasteiger partial charge < -0.3 is 9.47 Å². The lowest BCUT2D eigenvalue weighted by atomic mass is 10.1. The Labute approximate surface area is 127 Å². The number of hydrogen-bond acceptors (Lipinski definition) is 4. The molecular formula is C16H23NO3S. The van der Waals surface area contributed by atoms with E-state index in [1.165, 1.54) is 0 Å². The molecule has 4 atom stereocenters. The topological polar surface area (TPSA) is 47.9 Å². The quantitative estimate of drug-likeness (QED) is 0.861. The van der Waals surface area contributed by atoms with E-state index < -0.39 is 15.5 Å². The predicted octanol–water partition coefficient (Wildman–Crippen LogP) is 3.22. The number of hydrogen-bond donors (Lipinski definition) is 0. The minimum Gasteiger partial charge on any atom is -0.349 e. The van der Waals surface area contributed by atoms with Gasteiger partial charge in [0.2, 0.25) is 0 Å². The van der Waals surface area contributed by atoms with E-state index in [0.717, 1.165) is 30.6 Å². The Balaban J connectivity index is 2.06. The van der Waals surface area contributed by atoms with Crippen LogP contribution in [0.15, 0.2) is 39.6 Å². The van der Waals surface area contributed by atoms with Gasteiger partial charge in [-0.05, 0) is 31.4 Å². The maximum absolute atomic E-state index is 13.7. The van der Waals surface area contributed by atoms with Gasteiger partial charge in [-0.25, -0.2) is 8.57 Å². The third kappa shape index (κ3) is 2.41. The van der Waals surface area contributed by atoms with Crippen molar-refractivity contribution >= 4 is 9.73 Å². The molecule has 3 rings (SSSR count). The summed E-state index contributed by atoms with van der Waals surface area (Å²) in [4.78, 5) is 0.785. The van der Waals surface area contributed by atoms with Crippen LogP contribution < -0.4 is 0 Å². The predicted molar refractivity (Wildman–Crippen MR) is 82.7 cm³/mol. The van der Waals surface area contributed by atoms with E-state index in [0.29, 0.717) is 6.61 Å². The van der Waals surface area contributed by atoms with Gasteiger partial charge in [-0.3, -0.25) is 0 Å². The molecule has 2 aliphatic heterocycles. The third-order valence-electron chi connectivity index (χ3n) is 4.54. The largest absolute Gasteiger partial charge is 0.349 e. The Morgan fingerprint density at radius 1 is 1.38 bits per heavy atom. The third-order valence-corrected chi connectivity index (χ3v) is 7.36. The molecule has 1 aromatic rings. The molecule has 1 spiro atoms. The standard InChI is InChI=1S/C16H23NO3S/c1-3-13-12-15(16(20-13)10-7-11-19-16)21(18,17-2)14-8-5-4-6-9-14/h4-6,8-9,13,15H,3,7,10-12H2,1-2H3. The zero-order valence-electron chi connectivity index (χ0n) is 12.7. The molecule has 5 heteroatoms. The molecule has 0 aromatic heterocycles. The van der Waals surface area contributed by atoms with E-state index in [1.807, 2.05) is 30.3 Å². The monoisotopic (exact) mass is 309 g/mol. The van der Waals surface area contributed by atoms with E-state index in [1.54, 1.807) is 7.05 Å². The average molecular weight is 309 g/mol. The number of rotatable bonds is 3. The summed E-state index contributed by atoms with van der Waals surface area (Å²) in [5.74, 6) is -0.701. The molecule has 0 amide bonds. The van der Waals surface area contributed by atoms with Gasteiger partial charge in [0.15, 0.2) is 5.79 Å². The Morgan fingerprint density at radius 2 is 2.14 bits per heavy atom. The average Bonchev–Trinajstić information content (AvgIpc) is 3.15. The van der Waals surface area contributed by atoms with E-state index >= 15 is 0 Å². The van der Waals surface area contributed by atoms with Gasteiger partial charge in [0, 0.05) is 18.4 Å². The highest BCUT2D eigenvalue weighted by Crippen LogP contribution is 2.46. The molecule has 1 aromatic carbocycles. The number of benzene rings is 1. The summed E-state index contributed by atoms with van der Waals surface area (Å²) < 4.78 is 30.1. The van der Waals surface area contributed by atoms with Crippen LogP contribution in [0.25, 0.3) is 0 Å². The van der Waals surface area contributed by atoms with Crippen molar-refractivity contribution in [1.82, 2.24) is 0 Å². The van der Waals surface area contributed by atoms with Gasteiger partial charge in [0.25, 0.3) is 0 Å². The Kier molecular flexibility index (Phi) is 4.08. The molecule has 0 N–H and O–H groups in total. The van der Waals surface area contributed by atoms with E-state index in [4.69, 9.17) is 9.47 Å². The van der Waals surface area contributed by atoms with Crippen molar-refractivity contribution in [3.8, 4) is 0 Å². The minimum absolute atomic E-state index is 0.111. The second-order valence-corrected chi connectivity index (χ2v) is 8.24.